The standard InChI is InChI=1S/C35H44N6O3/c1-21-9-8-10-22(2)31(21)40-33(36)29-19-37-41-20-24(28-16-15-27(43-7)17-23(28)3)18-30(41)32(29)38-25-11-13-26(14-12-25)39-34(42)44-35(4,5)6/h8-10,15-20,25-26,38H,11-14H2,1-7H3,(H2,36,40)(H,39,42). The predicted octanol–water partition coefficient (Wildman–Crippen LogP) is 7.22. The zero-order chi connectivity index (χ0) is 31.6. The van der Waals surface area contributed by atoms with Gasteiger partial charge >= 0.3 is 6.09 Å². The van der Waals surface area contributed by atoms with Crippen LogP contribution in [0.4, 0.5) is 16.2 Å². The highest BCUT2D eigenvalue weighted by molar-refractivity contribution is 6.06. The van der Waals surface area contributed by atoms with Crippen molar-refractivity contribution in [2.45, 2.75) is 84.9 Å². The van der Waals surface area contributed by atoms with Crippen LogP contribution in [0, 0.1) is 20.8 Å². The summed E-state index contributed by atoms with van der Waals surface area (Å²) in [6.45, 7) is 11.8. The Morgan fingerprint density at radius 3 is 2.32 bits per heavy atom. The number of hydrogen-bond donors (Lipinski definition) is 3. The predicted molar refractivity (Wildman–Crippen MR) is 177 cm³/mol. The fraction of sp³-hybridized carbons (Fsp3) is 0.400. The highest BCUT2D eigenvalue weighted by atomic mass is 16.6. The number of alkyl carbamates (subject to hydrolysis) is 1. The second-order valence-electron chi connectivity index (χ2n) is 12.7. The van der Waals surface area contributed by atoms with Gasteiger partial charge in [-0.2, -0.15) is 5.10 Å². The van der Waals surface area contributed by atoms with Crippen molar-refractivity contribution in [3.63, 3.8) is 0 Å². The summed E-state index contributed by atoms with van der Waals surface area (Å²) in [6, 6.07) is 14.6. The Hall–Kier alpha value is -4.53. The summed E-state index contributed by atoms with van der Waals surface area (Å²) in [4.78, 5) is 17.2. The van der Waals surface area contributed by atoms with Gasteiger partial charge in [0.2, 0.25) is 0 Å². The Morgan fingerprint density at radius 1 is 1.00 bits per heavy atom. The quantitative estimate of drug-likeness (QED) is 0.153. The normalized spacial score (nSPS) is 17.4. The minimum absolute atomic E-state index is 0.0773. The third-order valence-corrected chi connectivity index (χ3v) is 8.13. The molecule has 1 amide bonds. The van der Waals surface area contributed by atoms with E-state index in [4.69, 9.17) is 25.3 Å². The van der Waals surface area contributed by atoms with Crippen LogP contribution in [0.2, 0.25) is 0 Å². The van der Waals surface area contributed by atoms with Crippen molar-refractivity contribution in [1.29, 1.82) is 0 Å². The maximum absolute atomic E-state index is 12.3. The molecule has 2 aromatic carbocycles. The molecule has 0 saturated heterocycles. The summed E-state index contributed by atoms with van der Waals surface area (Å²) in [5.41, 5.74) is 15.1. The molecule has 0 atom stereocenters. The number of rotatable bonds is 7. The first-order chi connectivity index (χ1) is 20.9. The fourth-order valence-corrected chi connectivity index (χ4v) is 5.86. The molecule has 1 fully saturated rings. The summed E-state index contributed by atoms with van der Waals surface area (Å²) in [6.07, 6.45) is 6.92. The van der Waals surface area contributed by atoms with E-state index in [0.29, 0.717) is 5.84 Å². The number of aliphatic imine (C=N–C) groups is 1. The Kier molecular flexibility index (Phi) is 8.85. The van der Waals surface area contributed by atoms with E-state index in [1.165, 1.54) is 0 Å². The lowest BCUT2D eigenvalue weighted by Gasteiger charge is -2.31. The van der Waals surface area contributed by atoms with Gasteiger partial charge in [0.15, 0.2) is 0 Å². The number of nitrogens with one attached hydrogen (secondary N) is 2. The van der Waals surface area contributed by atoms with Crippen molar-refractivity contribution in [3.05, 3.63) is 77.1 Å². The third kappa shape index (κ3) is 6.98. The molecule has 4 N–H and O–H groups in total. The number of carbonyl (C=O) groups is 1. The molecular formula is C35H44N6O3. The highest BCUT2D eigenvalue weighted by Gasteiger charge is 2.26. The van der Waals surface area contributed by atoms with E-state index < -0.39 is 5.60 Å². The number of amidine groups is 1. The molecular weight excluding hydrogens is 552 g/mol. The molecule has 5 rings (SSSR count). The summed E-state index contributed by atoms with van der Waals surface area (Å²) in [5, 5.41) is 11.6. The Labute approximate surface area is 259 Å². The van der Waals surface area contributed by atoms with Gasteiger partial charge in [0, 0.05) is 23.8 Å². The van der Waals surface area contributed by atoms with Crippen LogP contribution in [0.25, 0.3) is 16.6 Å². The number of fused-ring (bicyclic) bond motifs is 1. The summed E-state index contributed by atoms with van der Waals surface area (Å²) in [7, 11) is 1.68. The number of nitrogens with zero attached hydrogens (tertiary/aromatic N) is 3. The summed E-state index contributed by atoms with van der Waals surface area (Å²) >= 11 is 0. The van der Waals surface area contributed by atoms with E-state index in [-0.39, 0.29) is 18.2 Å². The molecule has 0 aliphatic heterocycles. The number of amides is 1. The number of nitrogens with two attached hydrogens (primary N) is 1. The number of methoxy groups -OCH3 is 1. The van der Waals surface area contributed by atoms with Crippen LogP contribution in [0.5, 0.6) is 5.75 Å². The first-order valence-electron chi connectivity index (χ1n) is 15.2. The van der Waals surface area contributed by atoms with E-state index in [1.807, 2.05) is 75.7 Å². The average molecular weight is 597 g/mol. The molecule has 0 spiro atoms. The fourth-order valence-electron chi connectivity index (χ4n) is 5.86. The largest absolute Gasteiger partial charge is 0.497 e. The zero-order valence-corrected chi connectivity index (χ0v) is 26.8. The van der Waals surface area contributed by atoms with Crippen molar-refractivity contribution >= 4 is 28.8 Å². The van der Waals surface area contributed by atoms with Crippen LogP contribution in [0.3, 0.4) is 0 Å². The topological polar surface area (TPSA) is 115 Å². The van der Waals surface area contributed by atoms with Gasteiger partial charge in [0.1, 0.15) is 17.2 Å². The number of aryl methyl sites for hydroxylation is 3. The summed E-state index contributed by atoms with van der Waals surface area (Å²) < 4.78 is 12.8. The van der Waals surface area contributed by atoms with E-state index in [2.05, 4.69) is 29.7 Å². The van der Waals surface area contributed by atoms with Crippen LogP contribution in [0.1, 0.15) is 68.7 Å². The van der Waals surface area contributed by atoms with E-state index >= 15 is 0 Å². The highest BCUT2D eigenvalue weighted by Crippen LogP contribution is 2.34. The number of carbonyl (C=O) groups excluding carboxylic acids is 1. The van der Waals surface area contributed by atoms with E-state index in [0.717, 1.165) is 81.7 Å². The second kappa shape index (κ2) is 12.6. The molecule has 4 aromatic rings. The Morgan fingerprint density at radius 2 is 1.68 bits per heavy atom. The lowest BCUT2D eigenvalue weighted by atomic mass is 9.91. The van der Waals surface area contributed by atoms with Crippen LogP contribution in [0.15, 0.2) is 59.9 Å². The average Bonchev–Trinajstić information content (AvgIpc) is 3.39. The van der Waals surface area contributed by atoms with Crippen molar-refractivity contribution in [3.8, 4) is 16.9 Å². The maximum atomic E-state index is 12.3. The molecule has 9 nitrogen and oxygen atoms in total. The molecule has 44 heavy (non-hydrogen) atoms. The van der Waals surface area contributed by atoms with Gasteiger partial charge in [0.05, 0.1) is 35.8 Å². The monoisotopic (exact) mass is 596 g/mol. The maximum Gasteiger partial charge on any atom is 0.407 e. The molecule has 0 radical (unpaired) electrons. The van der Waals surface area contributed by atoms with Gasteiger partial charge in [-0.15, -0.1) is 0 Å². The number of para-hydroxylation sites is 1. The number of benzene rings is 2. The minimum atomic E-state index is -0.523. The third-order valence-electron chi connectivity index (χ3n) is 8.13. The van der Waals surface area contributed by atoms with Gasteiger partial charge < -0.3 is 25.8 Å². The number of anilines is 1. The lowest BCUT2D eigenvalue weighted by Crippen LogP contribution is -2.42. The molecule has 0 bridgehead atoms. The van der Waals surface area contributed by atoms with Gasteiger partial charge in [0.25, 0.3) is 0 Å². The van der Waals surface area contributed by atoms with Gasteiger partial charge in [-0.25, -0.2) is 14.3 Å². The first-order valence-corrected chi connectivity index (χ1v) is 15.2. The van der Waals surface area contributed by atoms with Crippen LogP contribution in [-0.2, 0) is 4.74 Å². The number of ether oxygens (including phenoxy) is 2. The van der Waals surface area contributed by atoms with Crippen LogP contribution >= 0.6 is 0 Å². The van der Waals surface area contributed by atoms with E-state index in [9.17, 15) is 4.79 Å². The molecule has 1 aliphatic carbocycles. The smallest absolute Gasteiger partial charge is 0.407 e. The van der Waals surface area contributed by atoms with Gasteiger partial charge in [-0.3, -0.25) is 0 Å². The Bertz CT molecular complexity index is 1670. The summed E-state index contributed by atoms with van der Waals surface area (Å²) in [5.74, 6) is 1.23. The minimum Gasteiger partial charge on any atom is -0.497 e. The first kappa shape index (κ1) is 30.9. The Balaban J connectivity index is 1.48. The van der Waals surface area contributed by atoms with E-state index in [1.54, 1.807) is 13.3 Å². The molecule has 0 unspecified atom stereocenters. The molecule has 1 saturated carbocycles. The van der Waals surface area contributed by atoms with Crippen molar-refractivity contribution in [1.82, 2.24) is 14.9 Å². The van der Waals surface area contributed by atoms with Crippen molar-refractivity contribution in [2.24, 2.45) is 10.7 Å². The molecule has 1 aliphatic rings. The van der Waals surface area contributed by atoms with Gasteiger partial charge in [-0.1, -0.05) is 24.3 Å². The van der Waals surface area contributed by atoms with Crippen LogP contribution < -0.4 is 21.1 Å². The molecule has 2 heterocycles. The van der Waals surface area contributed by atoms with Crippen LogP contribution in [-0.4, -0.2) is 46.3 Å². The lowest BCUT2D eigenvalue weighted by molar-refractivity contribution is 0.0492. The molecule has 232 valence electrons. The molecule has 2 aromatic heterocycles. The number of aromatic nitrogens is 2. The second-order valence-corrected chi connectivity index (χ2v) is 12.7. The van der Waals surface area contributed by atoms with Crippen molar-refractivity contribution < 1.29 is 14.3 Å². The van der Waals surface area contributed by atoms with Gasteiger partial charge in [-0.05, 0) is 108 Å². The molecule has 9 heteroatoms. The van der Waals surface area contributed by atoms with Crippen molar-refractivity contribution in [2.75, 3.05) is 12.4 Å². The SMILES string of the molecule is COc1ccc(-c2cc3c(NC4CCC(NC(=O)OC(C)(C)C)CC4)c(C(N)=Nc4c(C)cccc4C)cnn3c2)c(C)c1. The zero-order valence-electron chi connectivity index (χ0n) is 26.8. The number of hydrogen-bond acceptors (Lipinski definition) is 6.